The highest BCUT2D eigenvalue weighted by Gasteiger charge is 2.33. The molecule has 3 rings (SSSR count). The van der Waals surface area contributed by atoms with Crippen molar-refractivity contribution < 1.29 is 19.1 Å². The van der Waals surface area contributed by atoms with E-state index in [1.165, 1.54) is 6.92 Å². The lowest BCUT2D eigenvalue weighted by atomic mass is 9.90. The lowest BCUT2D eigenvalue weighted by Gasteiger charge is -2.39. The Morgan fingerprint density at radius 3 is 2.54 bits per heavy atom. The molecular formula is C21H23N3O4. The van der Waals surface area contributed by atoms with Gasteiger partial charge in [0.15, 0.2) is 0 Å². The molecule has 1 aliphatic rings. The first-order valence-corrected chi connectivity index (χ1v) is 9.07. The normalized spacial score (nSPS) is 18.1. The third-order valence-electron chi connectivity index (χ3n) is 4.81. The summed E-state index contributed by atoms with van der Waals surface area (Å²) in [5, 5.41) is 2.85. The fourth-order valence-electron chi connectivity index (χ4n) is 3.54. The second-order valence-corrected chi connectivity index (χ2v) is 6.87. The Hall–Kier alpha value is -3.35. The summed E-state index contributed by atoms with van der Waals surface area (Å²) in [6, 6.07) is 13.8. The summed E-state index contributed by atoms with van der Waals surface area (Å²) in [6.45, 7) is 3.56. The van der Waals surface area contributed by atoms with Gasteiger partial charge in [-0.3, -0.25) is 9.59 Å². The summed E-state index contributed by atoms with van der Waals surface area (Å²) in [7, 11) is 0. The molecule has 146 valence electrons. The third kappa shape index (κ3) is 4.14. The largest absolute Gasteiger partial charge is 0.445 e. The van der Waals surface area contributed by atoms with Crippen LogP contribution in [0.5, 0.6) is 0 Å². The number of alkyl carbamates (subject to hydrolysis) is 1. The number of ether oxygens (including phenoxy) is 1. The number of nitrogens with zero attached hydrogens (tertiary/aromatic N) is 1. The molecule has 0 aliphatic carbocycles. The van der Waals surface area contributed by atoms with Gasteiger partial charge < -0.3 is 20.7 Å². The number of amides is 3. The number of nitrogens with one attached hydrogen (secondary N) is 1. The van der Waals surface area contributed by atoms with Crippen LogP contribution in [-0.4, -0.2) is 23.9 Å². The minimum Gasteiger partial charge on any atom is -0.445 e. The van der Waals surface area contributed by atoms with Crippen LogP contribution in [0.2, 0.25) is 0 Å². The van der Waals surface area contributed by atoms with Crippen LogP contribution in [0.25, 0.3) is 0 Å². The number of benzene rings is 2. The molecule has 2 aromatic carbocycles. The van der Waals surface area contributed by atoms with Crippen molar-refractivity contribution in [2.45, 2.75) is 39.0 Å². The van der Waals surface area contributed by atoms with Crippen LogP contribution < -0.4 is 16.0 Å². The molecule has 0 bridgehead atoms. The first-order chi connectivity index (χ1) is 13.4. The van der Waals surface area contributed by atoms with Gasteiger partial charge in [-0.2, -0.15) is 0 Å². The van der Waals surface area contributed by atoms with Gasteiger partial charge in [-0.15, -0.1) is 0 Å². The number of carbonyl (C=O) groups excluding carboxylic acids is 3. The Bertz CT molecular complexity index is 898. The zero-order chi connectivity index (χ0) is 20.3. The van der Waals surface area contributed by atoms with E-state index in [9.17, 15) is 14.4 Å². The van der Waals surface area contributed by atoms with Crippen LogP contribution in [0.3, 0.4) is 0 Å². The van der Waals surface area contributed by atoms with Crippen molar-refractivity contribution in [2.75, 3.05) is 4.90 Å². The molecule has 0 unspecified atom stereocenters. The van der Waals surface area contributed by atoms with Crippen molar-refractivity contribution in [3.05, 3.63) is 65.2 Å². The van der Waals surface area contributed by atoms with Crippen molar-refractivity contribution >= 4 is 23.6 Å². The Morgan fingerprint density at radius 2 is 1.89 bits per heavy atom. The van der Waals surface area contributed by atoms with Crippen molar-refractivity contribution in [3.8, 4) is 0 Å². The molecule has 0 aromatic heterocycles. The van der Waals surface area contributed by atoms with Crippen LogP contribution in [-0.2, 0) is 16.1 Å². The summed E-state index contributed by atoms with van der Waals surface area (Å²) < 4.78 is 5.31. The highest BCUT2D eigenvalue weighted by Crippen LogP contribution is 2.37. The summed E-state index contributed by atoms with van der Waals surface area (Å²) >= 11 is 0. The third-order valence-corrected chi connectivity index (χ3v) is 4.81. The Balaban J connectivity index is 1.81. The summed E-state index contributed by atoms with van der Waals surface area (Å²) in [5.74, 6) is -0.674. The minimum absolute atomic E-state index is 0.106. The zero-order valence-corrected chi connectivity index (χ0v) is 15.8. The second kappa shape index (κ2) is 8.12. The van der Waals surface area contributed by atoms with E-state index in [1.807, 2.05) is 37.3 Å². The molecular weight excluding hydrogens is 358 g/mol. The zero-order valence-electron chi connectivity index (χ0n) is 15.8. The molecule has 1 aliphatic heterocycles. The predicted octanol–water partition coefficient (Wildman–Crippen LogP) is 2.90. The molecule has 1 heterocycles. The first kappa shape index (κ1) is 19.4. The molecule has 2 aromatic rings. The van der Waals surface area contributed by atoms with E-state index in [4.69, 9.17) is 10.5 Å². The SMILES string of the molecule is CC(=O)N1c2ccc(C(N)=O)cc2[C@H](NC(=O)OCc2ccccc2)C[C@@H]1C. The summed E-state index contributed by atoms with van der Waals surface area (Å²) in [6.07, 6.45) is -0.0670. The Morgan fingerprint density at radius 1 is 1.18 bits per heavy atom. The molecule has 3 amide bonds. The fraction of sp³-hybridized carbons (Fsp3) is 0.286. The van der Waals surface area contributed by atoms with Crippen LogP contribution in [0, 0.1) is 0 Å². The van der Waals surface area contributed by atoms with Gasteiger partial charge >= 0.3 is 6.09 Å². The monoisotopic (exact) mass is 381 g/mol. The first-order valence-electron chi connectivity index (χ1n) is 9.07. The Labute approximate surface area is 163 Å². The molecule has 7 nitrogen and oxygen atoms in total. The highest BCUT2D eigenvalue weighted by molar-refractivity contribution is 5.97. The molecule has 28 heavy (non-hydrogen) atoms. The predicted molar refractivity (Wildman–Crippen MR) is 105 cm³/mol. The Kier molecular flexibility index (Phi) is 5.63. The minimum atomic E-state index is -0.568. The molecule has 0 fully saturated rings. The van der Waals surface area contributed by atoms with Gasteiger partial charge in [0.05, 0.1) is 6.04 Å². The van der Waals surface area contributed by atoms with Gasteiger partial charge in [0.2, 0.25) is 11.8 Å². The molecule has 0 saturated heterocycles. The van der Waals surface area contributed by atoms with E-state index < -0.39 is 18.0 Å². The van der Waals surface area contributed by atoms with Gasteiger partial charge in [-0.05, 0) is 42.7 Å². The molecule has 2 atom stereocenters. The topological polar surface area (TPSA) is 102 Å². The van der Waals surface area contributed by atoms with Gasteiger partial charge in [0.1, 0.15) is 6.61 Å². The lowest BCUT2D eigenvalue weighted by Crippen LogP contribution is -2.45. The number of nitrogens with two attached hydrogens (primary N) is 1. The smallest absolute Gasteiger partial charge is 0.407 e. The van der Waals surface area contributed by atoms with Crippen molar-refractivity contribution in [3.63, 3.8) is 0 Å². The number of fused-ring (bicyclic) bond motifs is 1. The van der Waals surface area contributed by atoms with Gasteiger partial charge in [0.25, 0.3) is 0 Å². The average Bonchev–Trinajstić information content (AvgIpc) is 2.66. The molecule has 3 N–H and O–H groups in total. The summed E-state index contributed by atoms with van der Waals surface area (Å²) in [4.78, 5) is 37.7. The number of hydrogen-bond acceptors (Lipinski definition) is 4. The number of primary amides is 1. The van der Waals surface area contributed by atoms with E-state index in [1.54, 1.807) is 23.1 Å². The summed E-state index contributed by atoms with van der Waals surface area (Å²) in [5.41, 5.74) is 7.92. The maximum absolute atomic E-state index is 12.3. The van der Waals surface area contributed by atoms with Crippen LogP contribution >= 0.6 is 0 Å². The van der Waals surface area contributed by atoms with Crippen LogP contribution in [0.1, 0.15) is 47.8 Å². The van der Waals surface area contributed by atoms with E-state index >= 15 is 0 Å². The molecule has 0 radical (unpaired) electrons. The fourth-order valence-corrected chi connectivity index (χ4v) is 3.54. The maximum Gasteiger partial charge on any atom is 0.407 e. The van der Waals surface area contributed by atoms with Crippen LogP contribution in [0.4, 0.5) is 10.5 Å². The second-order valence-electron chi connectivity index (χ2n) is 6.87. The van der Waals surface area contributed by atoms with E-state index in [2.05, 4.69) is 5.32 Å². The molecule has 0 saturated carbocycles. The van der Waals surface area contributed by atoms with Crippen molar-refractivity contribution in [2.24, 2.45) is 5.73 Å². The van der Waals surface area contributed by atoms with Crippen LogP contribution in [0.15, 0.2) is 48.5 Å². The van der Waals surface area contributed by atoms with Crippen molar-refractivity contribution in [1.29, 1.82) is 0 Å². The number of carbonyl (C=O) groups is 3. The number of anilines is 1. The maximum atomic E-state index is 12.3. The average molecular weight is 381 g/mol. The molecule has 7 heteroatoms. The standard InChI is InChI=1S/C21H23N3O4/c1-13-10-18(23-21(27)28-12-15-6-4-3-5-7-15)17-11-16(20(22)26)8-9-19(17)24(13)14(2)25/h3-9,11,13,18H,10,12H2,1-2H3,(H2,22,26)(H,23,27)/t13-,18+/m0/s1. The van der Waals surface area contributed by atoms with Gasteiger partial charge in [-0.25, -0.2) is 4.79 Å². The lowest BCUT2D eigenvalue weighted by molar-refractivity contribution is -0.117. The van der Waals surface area contributed by atoms with Gasteiger partial charge in [-0.1, -0.05) is 30.3 Å². The van der Waals surface area contributed by atoms with E-state index in [0.29, 0.717) is 23.2 Å². The van der Waals surface area contributed by atoms with Gasteiger partial charge in [0, 0.05) is 24.2 Å². The number of rotatable bonds is 4. The molecule has 0 spiro atoms. The van der Waals surface area contributed by atoms with Crippen molar-refractivity contribution in [1.82, 2.24) is 5.32 Å². The quantitative estimate of drug-likeness (QED) is 0.850. The highest BCUT2D eigenvalue weighted by atomic mass is 16.5. The van der Waals surface area contributed by atoms with E-state index in [-0.39, 0.29) is 18.6 Å². The van der Waals surface area contributed by atoms with E-state index in [0.717, 1.165) is 5.56 Å². The number of hydrogen-bond donors (Lipinski definition) is 2.